The molecule has 20 heavy (non-hydrogen) atoms. The average molecular weight is 341 g/mol. The number of rotatable bonds is 7. The Kier molecular flexibility index (Phi) is 5.51. The monoisotopic (exact) mass is 340 g/mol. The predicted octanol–water partition coefficient (Wildman–Crippen LogP) is 1.11. The number of aliphatic hydroxyl groups excluding tert-OH is 1. The summed E-state index contributed by atoms with van der Waals surface area (Å²) in [5, 5.41) is 17.0. The molecule has 0 saturated heterocycles. The molecule has 1 aromatic carbocycles. The Morgan fingerprint density at radius 1 is 1.50 bits per heavy atom. The minimum absolute atomic E-state index is 0.235. The highest BCUT2D eigenvalue weighted by Gasteiger charge is 2.06. The molecule has 0 aliphatic carbocycles. The van der Waals surface area contributed by atoms with Gasteiger partial charge in [0.05, 0.1) is 6.54 Å². The third-order valence-corrected chi connectivity index (χ3v) is 3.04. The number of hydrogen-bond donors (Lipinski definition) is 2. The molecule has 1 heterocycles. The fourth-order valence-electron chi connectivity index (χ4n) is 1.62. The molecule has 7 heteroatoms. The quantitative estimate of drug-likeness (QED) is 0.789. The normalized spacial score (nSPS) is 12.3. The van der Waals surface area contributed by atoms with Crippen molar-refractivity contribution in [2.45, 2.75) is 12.6 Å². The molecule has 108 valence electrons. The molecule has 2 N–H and O–H groups in total. The lowest BCUT2D eigenvalue weighted by Crippen LogP contribution is -2.31. The summed E-state index contributed by atoms with van der Waals surface area (Å²) >= 11 is 3.37. The Morgan fingerprint density at radius 3 is 3.05 bits per heavy atom. The van der Waals surface area contributed by atoms with E-state index in [2.05, 4.69) is 31.3 Å². The Morgan fingerprint density at radius 2 is 2.35 bits per heavy atom. The van der Waals surface area contributed by atoms with Crippen LogP contribution in [-0.4, -0.2) is 39.1 Å². The van der Waals surface area contributed by atoms with Gasteiger partial charge in [0.25, 0.3) is 0 Å². The van der Waals surface area contributed by atoms with Crippen molar-refractivity contribution in [1.29, 1.82) is 0 Å². The number of aryl methyl sites for hydroxylation is 1. The third kappa shape index (κ3) is 4.92. The fraction of sp³-hybridized carbons (Fsp3) is 0.385. The Bertz CT molecular complexity index is 547. The van der Waals surface area contributed by atoms with Crippen LogP contribution in [0.1, 0.15) is 5.82 Å². The van der Waals surface area contributed by atoms with Crippen LogP contribution in [0.2, 0.25) is 0 Å². The van der Waals surface area contributed by atoms with Gasteiger partial charge in [-0.05, 0) is 18.2 Å². The van der Waals surface area contributed by atoms with E-state index in [0.717, 1.165) is 10.2 Å². The summed E-state index contributed by atoms with van der Waals surface area (Å²) in [6.45, 7) is 1.18. The summed E-state index contributed by atoms with van der Waals surface area (Å²) in [5.41, 5.74) is 0. The molecule has 0 aliphatic rings. The van der Waals surface area contributed by atoms with Gasteiger partial charge < -0.3 is 15.2 Å². The lowest BCUT2D eigenvalue weighted by Gasteiger charge is -2.12. The van der Waals surface area contributed by atoms with Crippen LogP contribution in [-0.2, 0) is 13.6 Å². The zero-order valence-electron chi connectivity index (χ0n) is 11.2. The molecule has 6 nitrogen and oxygen atoms in total. The zero-order valence-corrected chi connectivity index (χ0v) is 12.7. The average Bonchev–Trinajstić information content (AvgIpc) is 2.82. The Labute approximate surface area is 125 Å². The summed E-state index contributed by atoms with van der Waals surface area (Å²) in [5.74, 6) is 1.43. The molecule has 0 radical (unpaired) electrons. The molecule has 2 aromatic rings. The van der Waals surface area contributed by atoms with Gasteiger partial charge in [-0.2, -0.15) is 5.10 Å². The van der Waals surface area contributed by atoms with Gasteiger partial charge in [-0.1, -0.05) is 22.0 Å². The minimum atomic E-state index is -0.585. The van der Waals surface area contributed by atoms with E-state index in [-0.39, 0.29) is 6.61 Å². The number of hydrogen-bond acceptors (Lipinski definition) is 5. The lowest BCUT2D eigenvalue weighted by atomic mass is 10.3. The van der Waals surface area contributed by atoms with Crippen LogP contribution in [0.3, 0.4) is 0 Å². The predicted molar refractivity (Wildman–Crippen MR) is 78.4 cm³/mol. The van der Waals surface area contributed by atoms with Crippen molar-refractivity contribution in [3.05, 3.63) is 40.9 Å². The van der Waals surface area contributed by atoms with Gasteiger partial charge in [-0.3, -0.25) is 4.68 Å². The maximum absolute atomic E-state index is 9.82. The van der Waals surface area contributed by atoms with E-state index in [9.17, 15) is 5.11 Å². The second kappa shape index (κ2) is 7.37. The van der Waals surface area contributed by atoms with E-state index < -0.39 is 6.10 Å². The van der Waals surface area contributed by atoms with Crippen LogP contribution in [0.25, 0.3) is 0 Å². The summed E-state index contributed by atoms with van der Waals surface area (Å²) in [4.78, 5) is 4.09. The summed E-state index contributed by atoms with van der Waals surface area (Å²) < 4.78 is 8.09. The molecule has 2 rings (SSSR count). The van der Waals surface area contributed by atoms with Crippen LogP contribution in [0, 0.1) is 0 Å². The summed E-state index contributed by atoms with van der Waals surface area (Å²) in [6.07, 6.45) is 1.06. The van der Waals surface area contributed by atoms with E-state index in [1.807, 2.05) is 31.3 Å². The number of nitrogens with zero attached hydrogens (tertiary/aromatic N) is 3. The maximum Gasteiger partial charge on any atom is 0.164 e. The first kappa shape index (κ1) is 15.0. The molecule has 0 saturated carbocycles. The van der Waals surface area contributed by atoms with Gasteiger partial charge in [0, 0.05) is 18.1 Å². The molecule has 0 bridgehead atoms. The zero-order chi connectivity index (χ0) is 14.4. The van der Waals surface area contributed by atoms with E-state index in [1.54, 1.807) is 11.0 Å². The van der Waals surface area contributed by atoms with Gasteiger partial charge in [-0.25, -0.2) is 4.98 Å². The molecular formula is C13H17BrN4O2. The fourth-order valence-corrected chi connectivity index (χ4v) is 2.00. The van der Waals surface area contributed by atoms with E-state index in [1.165, 1.54) is 0 Å². The standard InChI is InChI=1S/C13H17BrN4O2/c1-18-9-16-13(17-18)7-15-6-11(19)8-20-12-4-2-3-10(14)5-12/h2-5,9,11,15,19H,6-8H2,1H3. The van der Waals surface area contributed by atoms with Crippen LogP contribution >= 0.6 is 15.9 Å². The number of ether oxygens (including phenoxy) is 1. The van der Waals surface area contributed by atoms with Crippen molar-refractivity contribution in [3.63, 3.8) is 0 Å². The van der Waals surface area contributed by atoms with Crippen molar-refractivity contribution in [3.8, 4) is 5.75 Å². The molecule has 0 fully saturated rings. The Hall–Kier alpha value is -1.44. The number of aromatic nitrogens is 3. The number of nitrogens with one attached hydrogen (secondary N) is 1. The maximum atomic E-state index is 9.82. The van der Waals surface area contributed by atoms with Gasteiger partial charge in [-0.15, -0.1) is 0 Å². The van der Waals surface area contributed by atoms with Crippen molar-refractivity contribution in [2.75, 3.05) is 13.2 Å². The third-order valence-electron chi connectivity index (χ3n) is 2.55. The van der Waals surface area contributed by atoms with E-state index in [0.29, 0.717) is 18.9 Å². The Balaban J connectivity index is 1.66. The van der Waals surface area contributed by atoms with Gasteiger partial charge in [0.2, 0.25) is 0 Å². The van der Waals surface area contributed by atoms with Crippen LogP contribution in [0.15, 0.2) is 35.1 Å². The second-order valence-corrected chi connectivity index (χ2v) is 5.30. The number of aliphatic hydroxyl groups is 1. The minimum Gasteiger partial charge on any atom is -0.491 e. The highest BCUT2D eigenvalue weighted by atomic mass is 79.9. The summed E-state index contributed by atoms with van der Waals surface area (Å²) in [7, 11) is 1.82. The highest BCUT2D eigenvalue weighted by Crippen LogP contribution is 2.17. The van der Waals surface area contributed by atoms with Crippen LogP contribution in [0.4, 0.5) is 0 Å². The molecule has 0 amide bonds. The first-order valence-electron chi connectivity index (χ1n) is 6.25. The lowest BCUT2D eigenvalue weighted by molar-refractivity contribution is 0.106. The van der Waals surface area contributed by atoms with Gasteiger partial charge in [0.1, 0.15) is 24.8 Å². The van der Waals surface area contributed by atoms with Crippen LogP contribution in [0.5, 0.6) is 5.75 Å². The van der Waals surface area contributed by atoms with Crippen LogP contribution < -0.4 is 10.1 Å². The first-order valence-corrected chi connectivity index (χ1v) is 7.04. The molecule has 1 unspecified atom stereocenters. The number of benzene rings is 1. The smallest absolute Gasteiger partial charge is 0.164 e. The molecule has 0 aliphatic heterocycles. The van der Waals surface area contributed by atoms with Crippen molar-refractivity contribution >= 4 is 15.9 Å². The largest absolute Gasteiger partial charge is 0.491 e. The molecule has 0 spiro atoms. The second-order valence-electron chi connectivity index (χ2n) is 4.39. The van der Waals surface area contributed by atoms with Crippen molar-refractivity contribution < 1.29 is 9.84 Å². The van der Waals surface area contributed by atoms with Crippen molar-refractivity contribution in [1.82, 2.24) is 20.1 Å². The number of halogens is 1. The van der Waals surface area contributed by atoms with E-state index >= 15 is 0 Å². The molecule has 1 atom stereocenters. The topological polar surface area (TPSA) is 72.2 Å². The van der Waals surface area contributed by atoms with Gasteiger partial charge in [0.15, 0.2) is 5.82 Å². The molecule has 1 aromatic heterocycles. The van der Waals surface area contributed by atoms with E-state index in [4.69, 9.17) is 4.74 Å². The first-order chi connectivity index (χ1) is 9.63. The molecular weight excluding hydrogens is 324 g/mol. The van der Waals surface area contributed by atoms with Crippen molar-refractivity contribution in [2.24, 2.45) is 7.05 Å². The highest BCUT2D eigenvalue weighted by molar-refractivity contribution is 9.10. The SMILES string of the molecule is Cn1cnc(CNCC(O)COc2cccc(Br)c2)n1. The summed E-state index contributed by atoms with van der Waals surface area (Å²) in [6, 6.07) is 7.52. The van der Waals surface area contributed by atoms with Gasteiger partial charge >= 0.3 is 0 Å².